The number of hydrogen-bond acceptors (Lipinski definition) is 4. The molecule has 1 aromatic carbocycles. The molecule has 5 rings (SSSR count). The second-order valence-corrected chi connectivity index (χ2v) is 8.25. The minimum Gasteiger partial charge on any atom is -0.360 e. The summed E-state index contributed by atoms with van der Waals surface area (Å²) in [7, 11) is 1.75. The van der Waals surface area contributed by atoms with Gasteiger partial charge in [0, 0.05) is 32.5 Å². The van der Waals surface area contributed by atoms with Crippen LogP contribution >= 0.6 is 0 Å². The van der Waals surface area contributed by atoms with Gasteiger partial charge in [0.05, 0.1) is 31.0 Å². The average Bonchev–Trinajstić information content (AvgIpc) is 3.50. The van der Waals surface area contributed by atoms with Crippen LogP contribution in [0.3, 0.4) is 0 Å². The predicted molar refractivity (Wildman–Crippen MR) is 105 cm³/mol. The molecule has 3 aliphatic heterocycles. The van der Waals surface area contributed by atoms with Gasteiger partial charge in [-0.1, -0.05) is 24.3 Å². The van der Waals surface area contributed by atoms with Crippen molar-refractivity contribution in [2.24, 2.45) is 11.8 Å². The maximum Gasteiger partial charge on any atom is 0.230 e. The van der Waals surface area contributed by atoms with Crippen molar-refractivity contribution < 1.29 is 18.7 Å². The molecule has 0 unspecified atom stereocenters. The number of aromatic nitrogens is 2. The summed E-state index contributed by atoms with van der Waals surface area (Å²) in [5.41, 5.74) is 0.101. The summed E-state index contributed by atoms with van der Waals surface area (Å²) in [6.45, 7) is 1.86. The number of nitrogens with zero attached hydrogens (tertiary/aromatic N) is 4. The van der Waals surface area contributed by atoms with Crippen molar-refractivity contribution in [3.8, 4) is 0 Å². The third-order valence-corrected chi connectivity index (χ3v) is 6.35. The second kappa shape index (κ2) is 7.05. The minimum atomic E-state index is -0.745. The number of fused-ring (bicyclic) bond motifs is 1. The molecular formula is C22H23FN4O3. The van der Waals surface area contributed by atoms with Gasteiger partial charge in [-0.2, -0.15) is 5.10 Å². The molecule has 2 amide bonds. The van der Waals surface area contributed by atoms with E-state index in [1.807, 2.05) is 24.4 Å². The van der Waals surface area contributed by atoms with Crippen LogP contribution in [0.4, 0.5) is 4.39 Å². The summed E-state index contributed by atoms with van der Waals surface area (Å²) < 4.78 is 21.1. The molecule has 0 aliphatic carbocycles. The van der Waals surface area contributed by atoms with Crippen molar-refractivity contribution in [1.29, 1.82) is 0 Å². The van der Waals surface area contributed by atoms with Gasteiger partial charge < -0.3 is 14.5 Å². The number of halogens is 1. The molecule has 2 bridgehead atoms. The Hall–Kier alpha value is -3.00. The first-order valence-corrected chi connectivity index (χ1v) is 10.1. The Bertz CT molecular complexity index is 990. The van der Waals surface area contributed by atoms with Crippen LogP contribution in [0.1, 0.15) is 5.56 Å². The number of carbonyl (C=O) groups excluding carboxylic acids is 2. The van der Waals surface area contributed by atoms with Crippen LogP contribution in [-0.2, 0) is 27.4 Å². The van der Waals surface area contributed by atoms with Crippen molar-refractivity contribution in [3.63, 3.8) is 0 Å². The van der Waals surface area contributed by atoms with Gasteiger partial charge in [0.1, 0.15) is 11.4 Å². The van der Waals surface area contributed by atoms with E-state index in [0.29, 0.717) is 26.2 Å². The fourth-order valence-corrected chi connectivity index (χ4v) is 4.85. The van der Waals surface area contributed by atoms with Gasteiger partial charge in [-0.25, -0.2) is 4.39 Å². The number of likely N-dealkylation sites (N-methyl/N-ethyl adjacent to an activating group) is 1. The molecule has 0 saturated carbocycles. The highest BCUT2D eigenvalue weighted by molar-refractivity contribution is 5.93. The standard InChI is InChI=1S/C22H23FN4O3/c1-25(11-12-27-10-2-9-24-27)20(28)18-17-7-8-22(30-17)14-26(21(29)19(18)22)13-15-3-5-16(23)6-4-15/h2-10,17-19H,11-14H2,1H3/t17-,18-,19+,22-/m0/s1. The molecule has 3 aliphatic rings. The van der Waals surface area contributed by atoms with E-state index in [2.05, 4.69) is 5.10 Å². The molecule has 1 spiro atoms. The lowest BCUT2D eigenvalue weighted by Crippen LogP contribution is -2.45. The number of amides is 2. The van der Waals surface area contributed by atoms with Crippen molar-refractivity contribution in [3.05, 3.63) is 66.3 Å². The first-order chi connectivity index (χ1) is 14.5. The summed E-state index contributed by atoms with van der Waals surface area (Å²) in [5.74, 6) is -1.52. The molecule has 0 radical (unpaired) electrons. The first kappa shape index (κ1) is 19.0. The molecule has 2 saturated heterocycles. The summed E-state index contributed by atoms with van der Waals surface area (Å²) >= 11 is 0. The Morgan fingerprint density at radius 1 is 1.37 bits per heavy atom. The Morgan fingerprint density at radius 2 is 2.17 bits per heavy atom. The highest BCUT2D eigenvalue weighted by atomic mass is 19.1. The molecule has 8 heteroatoms. The van der Waals surface area contributed by atoms with Crippen LogP contribution < -0.4 is 0 Å². The first-order valence-electron chi connectivity index (χ1n) is 10.1. The van der Waals surface area contributed by atoms with Crippen LogP contribution in [-0.4, -0.2) is 63.2 Å². The average molecular weight is 410 g/mol. The van der Waals surface area contributed by atoms with Gasteiger partial charge in [-0.05, 0) is 23.8 Å². The zero-order chi connectivity index (χ0) is 20.9. The van der Waals surface area contributed by atoms with Crippen molar-refractivity contribution >= 4 is 11.8 Å². The van der Waals surface area contributed by atoms with Crippen LogP contribution in [0.2, 0.25) is 0 Å². The maximum atomic E-state index is 13.3. The number of ether oxygens (including phenoxy) is 1. The summed E-state index contributed by atoms with van der Waals surface area (Å²) in [6, 6.07) is 7.96. The largest absolute Gasteiger partial charge is 0.360 e. The SMILES string of the molecule is CN(CCn1cccn1)C(=O)[C@H]1[C@@H]2C=C[C@@]3(CN(Cc4ccc(F)cc4)C(=O)[C@@H]13)O2. The van der Waals surface area contributed by atoms with E-state index in [4.69, 9.17) is 4.74 Å². The van der Waals surface area contributed by atoms with Gasteiger partial charge >= 0.3 is 0 Å². The van der Waals surface area contributed by atoms with Crippen LogP contribution in [0.25, 0.3) is 0 Å². The van der Waals surface area contributed by atoms with E-state index < -0.39 is 17.4 Å². The molecule has 7 nitrogen and oxygen atoms in total. The van der Waals surface area contributed by atoms with E-state index in [0.717, 1.165) is 5.56 Å². The zero-order valence-corrected chi connectivity index (χ0v) is 16.6. The lowest BCUT2D eigenvalue weighted by Gasteiger charge is -2.27. The van der Waals surface area contributed by atoms with Crippen LogP contribution in [0.15, 0.2) is 54.9 Å². The second-order valence-electron chi connectivity index (χ2n) is 8.25. The van der Waals surface area contributed by atoms with E-state index in [9.17, 15) is 14.0 Å². The van der Waals surface area contributed by atoms with E-state index >= 15 is 0 Å². The van der Waals surface area contributed by atoms with Gasteiger partial charge in [0.15, 0.2) is 0 Å². The van der Waals surface area contributed by atoms with Crippen molar-refractivity contribution in [2.75, 3.05) is 20.1 Å². The third kappa shape index (κ3) is 3.02. The number of rotatable bonds is 6. The van der Waals surface area contributed by atoms with Crippen LogP contribution in [0.5, 0.6) is 0 Å². The minimum absolute atomic E-state index is 0.0787. The molecular weight excluding hydrogens is 387 g/mol. The summed E-state index contributed by atoms with van der Waals surface area (Å²) in [6.07, 6.45) is 7.04. The van der Waals surface area contributed by atoms with Crippen LogP contribution in [0, 0.1) is 17.7 Å². The Labute approximate surface area is 173 Å². The monoisotopic (exact) mass is 410 g/mol. The summed E-state index contributed by atoms with van der Waals surface area (Å²) in [5, 5.41) is 4.16. The number of benzene rings is 1. The van der Waals surface area contributed by atoms with Gasteiger partial charge in [0.2, 0.25) is 11.8 Å². The molecule has 1 aromatic heterocycles. The smallest absolute Gasteiger partial charge is 0.230 e. The third-order valence-electron chi connectivity index (χ3n) is 6.35. The van der Waals surface area contributed by atoms with Crippen molar-refractivity contribution in [1.82, 2.24) is 19.6 Å². The van der Waals surface area contributed by atoms with Gasteiger partial charge in [-0.3, -0.25) is 14.3 Å². The lowest BCUT2D eigenvalue weighted by molar-refractivity contribution is -0.142. The topological polar surface area (TPSA) is 67.7 Å². The van der Waals surface area contributed by atoms with Gasteiger partial charge in [-0.15, -0.1) is 0 Å². The number of hydrogen-bond donors (Lipinski definition) is 0. The molecule has 156 valence electrons. The fraction of sp³-hybridized carbons (Fsp3) is 0.409. The highest BCUT2D eigenvalue weighted by Gasteiger charge is 2.67. The molecule has 2 aromatic rings. The molecule has 30 heavy (non-hydrogen) atoms. The molecule has 0 N–H and O–H groups in total. The Kier molecular flexibility index (Phi) is 4.47. The predicted octanol–water partition coefficient (Wildman–Crippen LogP) is 1.46. The maximum absolute atomic E-state index is 13.3. The summed E-state index contributed by atoms with van der Waals surface area (Å²) in [4.78, 5) is 29.9. The lowest BCUT2D eigenvalue weighted by atomic mass is 9.76. The Morgan fingerprint density at radius 3 is 2.90 bits per heavy atom. The Balaban J connectivity index is 1.31. The zero-order valence-electron chi connectivity index (χ0n) is 16.6. The van der Waals surface area contributed by atoms with Gasteiger partial charge in [0.25, 0.3) is 0 Å². The van der Waals surface area contributed by atoms with E-state index in [1.54, 1.807) is 39.9 Å². The highest BCUT2D eigenvalue weighted by Crippen LogP contribution is 2.52. The molecule has 2 fully saturated rings. The molecule has 4 heterocycles. The number of carbonyl (C=O) groups is 2. The van der Waals surface area contributed by atoms with E-state index in [1.165, 1.54) is 12.1 Å². The number of likely N-dealkylation sites (tertiary alicyclic amines) is 1. The normalized spacial score (nSPS) is 28.9. The molecule has 4 atom stereocenters. The van der Waals surface area contributed by atoms with E-state index in [-0.39, 0.29) is 23.7 Å². The van der Waals surface area contributed by atoms with Crippen molar-refractivity contribution in [2.45, 2.75) is 24.8 Å². The quantitative estimate of drug-likeness (QED) is 0.677. The fourth-order valence-electron chi connectivity index (χ4n) is 4.85.